The Morgan fingerprint density at radius 3 is 3.00 bits per heavy atom. The molecule has 0 bridgehead atoms. The van der Waals surface area contributed by atoms with Crippen molar-refractivity contribution in [1.29, 1.82) is 0 Å². The summed E-state index contributed by atoms with van der Waals surface area (Å²) in [6.45, 7) is 0. The molecule has 0 radical (unpaired) electrons. The Kier molecular flexibility index (Phi) is 4.02. The summed E-state index contributed by atoms with van der Waals surface area (Å²) in [5, 5.41) is 19.4. The Balaban J connectivity index is 1.58. The molecule has 3 heterocycles. The van der Waals surface area contributed by atoms with Crippen molar-refractivity contribution in [1.82, 2.24) is 24.8 Å². The van der Waals surface area contributed by atoms with Crippen LogP contribution >= 0.6 is 11.3 Å². The number of fused-ring (bicyclic) bond motifs is 1. The Morgan fingerprint density at radius 1 is 1.32 bits per heavy atom. The number of rotatable bonds is 5. The number of nitrogens with one attached hydrogen (secondary N) is 1. The lowest BCUT2D eigenvalue weighted by Crippen LogP contribution is -2.20. The van der Waals surface area contributed by atoms with Gasteiger partial charge in [0, 0.05) is 24.1 Å². The minimum atomic E-state index is -0.226. The predicted octanol–water partition coefficient (Wildman–Crippen LogP) is 2.84. The van der Waals surface area contributed by atoms with Crippen LogP contribution in [0.1, 0.15) is 18.0 Å². The van der Waals surface area contributed by atoms with Gasteiger partial charge in [-0.2, -0.15) is 11.3 Å². The van der Waals surface area contributed by atoms with Gasteiger partial charge in [-0.25, -0.2) is 4.68 Å². The van der Waals surface area contributed by atoms with Gasteiger partial charge in [0.15, 0.2) is 0 Å². The highest BCUT2D eigenvalue weighted by molar-refractivity contribution is 7.08. The first-order valence-electron chi connectivity index (χ1n) is 7.81. The van der Waals surface area contributed by atoms with Crippen LogP contribution in [0.2, 0.25) is 0 Å². The van der Waals surface area contributed by atoms with Gasteiger partial charge in [-0.05, 0) is 51.0 Å². The van der Waals surface area contributed by atoms with E-state index in [0.29, 0.717) is 0 Å². The van der Waals surface area contributed by atoms with Gasteiger partial charge in [-0.3, -0.25) is 4.79 Å². The second-order valence-corrected chi connectivity index (χ2v) is 6.56. The summed E-state index contributed by atoms with van der Waals surface area (Å²) < 4.78 is 3.64. The van der Waals surface area contributed by atoms with Gasteiger partial charge < -0.3 is 9.88 Å². The number of aryl methyl sites for hydroxylation is 1. The molecule has 126 valence electrons. The van der Waals surface area contributed by atoms with Crippen molar-refractivity contribution in [2.45, 2.75) is 12.5 Å². The summed E-state index contributed by atoms with van der Waals surface area (Å²) in [7, 11) is 1.98. The number of amides is 1. The van der Waals surface area contributed by atoms with Gasteiger partial charge >= 0.3 is 0 Å². The SMILES string of the molecule is Cn1ccc2c(NC(=O)C[C@H](c3ccsc3)n3cnnn3)cccc21. The first-order valence-corrected chi connectivity index (χ1v) is 8.75. The highest BCUT2D eigenvalue weighted by Gasteiger charge is 2.20. The fourth-order valence-corrected chi connectivity index (χ4v) is 3.64. The average molecular weight is 352 g/mol. The lowest BCUT2D eigenvalue weighted by molar-refractivity contribution is -0.116. The first-order chi connectivity index (χ1) is 12.2. The Morgan fingerprint density at radius 2 is 2.24 bits per heavy atom. The fourth-order valence-electron chi connectivity index (χ4n) is 2.93. The van der Waals surface area contributed by atoms with Crippen molar-refractivity contribution >= 4 is 33.8 Å². The second kappa shape index (κ2) is 6.48. The van der Waals surface area contributed by atoms with Crippen molar-refractivity contribution in [2.75, 3.05) is 5.32 Å². The van der Waals surface area contributed by atoms with Gasteiger partial charge in [0.1, 0.15) is 6.33 Å². The first kappa shape index (κ1) is 15.5. The fraction of sp³-hybridized carbons (Fsp3) is 0.176. The summed E-state index contributed by atoms with van der Waals surface area (Å²) in [6, 6.07) is 9.65. The Hall–Kier alpha value is -3.00. The summed E-state index contributed by atoms with van der Waals surface area (Å²) >= 11 is 1.58. The molecule has 4 rings (SSSR count). The number of benzene rings is 1. The number of hydrogen-bond donors (Lipinski definition) is 1. The Labute approximate surface area is 147 Å². The molecule has 1 N–H and O–H groups in total. The molecule has 0 aliphatic rings. The monoisotopic (exact) mass is 352 g/mol. The normalized spacial score (nSPS) is 12.4. The van der Waals surface area contributed by atoms with Gasteiger partial charge in [0.2, 0.25) is 5.91 Å². The van der Waals surface area contributed by atoms with E-state index in [-0.39, 0.29) is 18.4 Å². The van der Waals surface area contributed by atoms with E-state index in [1.54, 1.807) is 16.0 Å². The van der Waals surface area contributed by atoms with Crippen LogP contribution < -0.4 is 5.32 Å². The Bertz CT molecular complexity index is 955. The molecule has 0 saturated heterocycles. The van der Waals surface area contributed by atoms with Crippen LogP contribution in [0, 0.1) is 0 Å². The van der Waals surface area contributed by atoms with Crippen molar-refractivity contribution < 1.29 is 4.79 Å². The van der Waals surface area contributed by atoms with E-state index in [4.69, 9.17) is 0 Å². The summed E-state index contributed by atoms with van der Waals surface area (Å²) in [5.74, 6) is -0.0805. The van der Waals surface area contributed by atoms with Crippen LogP contribution in [0.5, 0.6) is 0 Å². The van der Waals surface area contributed by atoms with Crippen LogP contribution in [0.3, 0.4) is 0 Å². The third kappa shape index (κ3) is 3.03. The zero-order valence-electron chi connectivity index (χ0n) is 13.5. The second-order valence-electron chi connectivity index (χ2n) is 5.78. The maximum Gasteiger partial charge on any atom is 0.226 e. The summed E-state index contributed by atoms with van der Waals surface area (Å²) in [5.41, 5.74) is 2.90. The molecule has 8 heteroatoms. The maximum atomic E-state index is 12.7. The minimum Gasteiger partial charge on any atom is -0.350 e. The zero-order valence-corrected chi connectivity index (χ0v) is 14.3. The third-order valence-corrected chi connectivity index (χ3v) is 4.89. The summed E-state index contributed by atoms with van der Waals surface area (Å²) in [4.78, 5) is 12.7. The maximum absolute atomic E-state index is 12.7. The molecule has 0 aliphatic carbocycles. The predicted molar refractivity (Wildman–Crippen MR) is 96.4 cm³/mol. The lowest BCUT2D eigenvalue weighted by Gasteiger charge is -2.15. The molecule has 1 amide bonds. The number of thiophene rings is 1. The topological polar surface area (TPSA) is 77.6 Å². The zero-order chi connectivity index (χ0) is 17.2. The van der Waals surface area contributed by atoms with Crippen LogP contribution in [0.15, 0.2) is 53.6 Å². The molecule has 4 aromatic rings. The molecular formula is C17H16N6OS. The molecule has 0 aliphatic heterocycles. The highest BCUT2D eigenvalue weighted by atomic mass is 32.1. The quantitative estimate of drug-likeness (QED) is 0.599. The van der Waals surface area contributed by atoms with Crippen molar-refractivity contribution in [2.24, 2.45) is 7.05 Å². The van der Waals surface area contributed by atoms with Crippen LogP contribution in [0.4, 0.5) is 5.69 Å². The van der Waals surface area contributed by atoms with Crippen molar-refractivity contribution in [3.8, 4) is 0 Å². The number of nitrogens with zero attached hydrogens (tertiary/aromatic N) is 5. The van der Waals surface area contributed by atoms with E-state index in [1.165, 1.54) is 6.33 Å². The molecule has 0 fully saturated rings. The van der Waals surface area contributed by atoms with Crippen molar-refractivity contribution in [3.63, 3.8) is 0 Å². The molecular weight excluding hydrogens is 336 g/mol. The van der Waals surface area contributed by atoms with Crippen LogP contribution in [-0.2, 0) is 11.8 Å². The number of aromatic nitrogens is 5. The smallest absolute Gasteiger partial charge is 0.226 e. The van der Waals surface area contributed by atoms with E-state index in [0.717, 1.165) is 22.2 Å². The number of tetrazole rings is 1. The molecule has 7 nitrogen and oxygen atoms in total. The lowest BCUT2D eigenvalue weighted by atomic mass is 10.1. The van der Waals surface area contributed by atoms with Crippen LogP contribution in [0.25, 0.3) is 10.9 Å². The number of hydrogen-bond acceptors (Lipinski definition) is 5. The van der Waals surface area contributed by atoms with Gasteiger partial charge in [0.25, 0.3) is 0 Å². The van der Waals surface area contributed by atoms with Crippen molar-refractivity contribution in [3.05, 3.63) is 59.2 Å². The van der Waals surface area contributed by atoms with E-state index in [2.05, 4.69) is 20.8 Å². The number of carbonyl (C=O) groups excluding carboxylic acids is 1. The third-order valence-electron chi connectivity index (χ3n) is 4.19. The van der Waals surface area contributed by atoms with Crippen LogP contribution in [-0.4, -0.2) is 30.7 Å². The molecule has 0 unspecified atom stereocenters. The molecule has 25 heavy (non-hydrogen) atoms. The van der Waals surface area contributed by atoms with E-state index < -0.39 is 0 Å². The number of carbonyl (C=O) groups is 1. The molecule has 0 saturated carbocycles. The van der Waals surface area contributed by atoms with E-state index in [1.807, 2.05) is 58.9 Å². The van der Waals surface area contributed by atoms with E-state index in [9.17, 15) is 4.79 Å². The standard InChI is InChI=1S/C17H16N6OS/c1-22-7-5-13-14(3-2-4-15(13)22)19-17(24)9-16(12-6-8-25-10-12)23-11-18-20-21-23/h2-8,10-11,16H,9H2,1H3,(H,19,24)/t16-/m1/s1. The molecule has 0 spiro atoms. The van der Waals surface area contributed by atoms with Gasteiger partial charge in [-0.1, -0.05) is 6.07 Å². The summed E-state index contributed by atoms with van der Waals surface area (Å²) in [6.07, 6.45) is 3.77. The van der Waals surface area contributed by atoms with E-state index >= 15 is 0 Å². The number of anilines is 1. The van der Waals surface area contributed by atoms with Gasteiger partial charge in [-0.15, -0.1) is 5.10 Å². The average Bonchev–Trinajstić information content (AvgIpc) is 3.36. The molecule has 1 aromatic carbocycles. The largest absolute Gasteiger partial charge is 0.350 e. The highest BCUT2D eigenvalue weighted by Crippen LogP contribution is 2.26. The molecule has 3 aromatic heterocycles. The van der Waals surface area contributed by atoms with Gasteiger partial charge in [0.05, 0.1) is 18.2 Å². The molecule has 1 atom stereocenters. The minimum absolute atomic E-state index is 0.0805.